The van der Waals surface area contributed by atoms with Gasteiger partial charge in [0, 0.05) is 5.02 Å². The van der Waals surface area contributed by atoms with E-state index in [2.05, 4.69) is 35.3 Å². The van der Waals surface area contributed by atoms with E-state index in [1.807, 2.05) is 42.5 Å². The van der Waals surface area contributed by atoms with E-state index in [-0.39, 0.29) is 5.56 Å². The van der Waals surface area contributed by atoms with Crippen LogP contribution in [0.2, 0.25) is 5.02 Å². The Kier molecular flexibility index (Phi) is 5.78. The van der Waals surface area contributed by atoms with Gasteiger partial charge < -0.3 is 4.74 Å². The molecule has 0 fully saturated rings. The van der Waals surface area contributed by atoms with Gasteiger partial charge in [-0.25, -0.2) is 9.79 Å². The lowest BCUT2D eigenvalue weighted by molar-refractivity contribution is -0.136. The van der Waals surface area contributed by atoms with Crippen molar-refractivity contribution in [3.05, 3.63) is 126 Å². The van der Waals surface area contributed by atoms with Crippen LogP contribution in [0.1, 0.15) is 24.1 Å². The standard InChI is InChI=1S/C30H21ClN2O3S/c1-17-26(29(35)36-2)27(18-11-13-21(31)14-12-18)33-28(34)25(37-30(33)32-17)16-24-22-9-5-3-7-19(22)15-20-8-4-6-10-23(20)24/h3-16,27H,1-2H3/b25-16-/t27-/m1/s1. The molecule has 1 aliphatic heterocycles. The summed E-state index contributed by atoms with van der Waals surface area (Å²) in [6.07, 6.45) is 1.95. The van der Waals surface area contributed by atoms with Crippen LogP contribution in [-0.4, -0.2) is 17.6 Å². The van der Waals surface area contributed by atoms with Crippen LogP contribution in [0.3, 0.4) is 0 Å². The van der Waals surface area contributed by atoms with Crippen molar-refractivity contribution in [2.75, 3.05) is 7.11 Å². The molecule has 7 heteroatoms. The van der Waals surface area contributed by atoms with Crippen molar-refractivity contribution in [3.8, 4) is 0 Å². The Morgan fingerprint density at radius 2 is 1.62 bits per heavy atom. The number of rotatable bonds is 3. The third-order valence-electron chi connectivity index (χ3n) is 6.70. The van der Waals surface area contributed by atoms with Gasteiger partial charge in [-0.1, -0.05) is 83.6 Å². The Bertz CT molecular complexity index is 1880. The minimum Gasteiger partial charge on any atom is -0.466 e. The van der Waals surface area contributed by atoms with Crippen LogP contribution in [0.4, 0.5) is 0 Å². The van der Waals surface area contributed by atoms with Gasteiger partial charge >= 0.3 is 5.97 Å². The fourth-order valence-corrected chi connectivity index (χ4v) is 6.14. The van der Waals surface area contributed by atoms with Gasteiger partial charge in [-0.15, -0.1) is 0 Å². The summed E-state index contributed by atoms with van der Waals surface area (Å²) in [6, 6.07) is 25.0. The number of carbonyl (C=O) groups is 1. The van der Waals surface area contributed by atoms with Crippen molar-refractivity contribution in [3.63, 3.8) is 0 Å². The van der Waals surface area contributed by atoms with E-state index >= 15 is 0 Å². The number of fused-ring (bicyclic) bond motifs is 3. The van der Waals surface area contributed by atoms with E-state index in [4.69, 9.17) is 16.3 Å². The second-order valence-electron chi connectivity index (χ2n) is 8.86. The van der Waals surface area contributed by atoms with Crippen molar-refractivity contribution < 1.29 is 9.53 Å². The molecule has 0 amide bonds. The van der Waals surface area contributed by atoms with Gasteiger partial charge in [-0.2, -0.15) is 0 Å². The zero-order valence-electron chi connectivity index (χ0n) is 20.1. The molecule has 1 aromatic heterocycles. The lowest BCUT2D eigenvalue weighted by Gasteiger charge is -2.24. The number of hydrogen-bond acceptors (Lipinski definition) is 5. The summed E-state index contributed by atoms with van der Waals surface area (Å²) in [7, 11) is 1.33. The van der Waals surface area contributed by atoms with Crippen LogP contribution in [0.25, 0.3) is 27.6 Å². The Morgan fingerprint density at radius 1 is 1.00 bits per heavy atom. The van der Waals surface area contributed by atoms with Gasteiger partial charge in [0.2, 0.25) is 0 Å². The highest BCUT2D eigenvalue weighted by molar-refractivity contribution is 7.07. The van der Waals surface area contributed by atoms with Gasteiger partial charge in [-0.3, -0.25) is 9.36 Å². The molecule has 182 valence electrons. The fraction of sp³-hybridized carbons (Fsp3) is 0.100. The first-order chi connectivity index (χ1) is 18.0. The average Bonchev–Trinajstić information content (AvgIpc) is 3.22. The number of esters is 1. The zero-order valence-corrected chi connectivity index (χ0v) is 21.6. The number of hydrogen-bond donors (Lipinski definition) is 0. The maximum absolute atomic E-state index is 14.0. The van der Waals surface area contributed by atoms with E-state index in [1.54, 1.807) is 23.6 Å². The van der Waals surface area contributed by atoms with Crippen LogP contribution < -0.4 is 14.9 Å². The topological polar surface area (TPSA) is 60.7 Å². The fourth-order valence-electron chi connectivity index (χ4n) is 4.99. The number of carbonyl (C=O) groups excluding carboxylic acids is 1. The summed E-state index contributed by atoms with van der Waals surface area (Å²) in [4.78, 5) is 32.0. The summed E-state index contributed by atoms with van der Waals surface area (Å²) < 4.78 is 7.22. The Labute approximate surface area is 221 Å². The van der Waals surface area contributed by atoms with Gasteiger partial charge in [0.05, 0.1) is 29.0 Å². The monoisotopic (exact) mass is 524 g/mol. The molecule has 0 aliphatic carbocycles. The predicted molar refractivity (Wildman–Crippen MR) is 149 cm³/mol. The highest BCUT2D eigenvalue weighted by Crippen LogP contribution is 2.32. The quantitative estimate of drug-likeness (QED) is 0.235. The molecule has 0 saturated heterocycles. The zero-order chi connectivity index (χ0) is 25.7. The lowest BCUT2D eigenvalue weighted by atomic mass is 9.96. The van der Waals surface area contributed by atoms with Gasteiger partial charge in [0.25, 0.3) is 5.56 Å². The molecule has 0 unspecified atom stereocenters. The van der Waals surface area contributed by atoms with Crippen LogP contribution in [-0.2, 0) is 9.53 Å². The number of halogens is 1. The molecule has 6 rings (SSSR count). The second kappa shape index (κ2) is 9.14. The summed E-state index contributed by atoms with van der Waals surface area (Å²) in [5.41, 5.74) is 2.37. The molecule has 0 radical (unpaired) electrons. The number of aromatic nitrogens is 1. The Hall–Kier alpha value is -4.00. The number of allylic oxidation sites excluding steroid dienone is 1. The SMILES string of the molecule is COC(=O)C1=C(C)N=c2s/c(=C\c3c4ccccc4cc4ccccc34)c(=O)n2[C@@H]1c1ccc(Cl)cc1. The van der Waals surface area contributed by atoms with E-state index in [1.165, 1.54) is 18.4 Å². The molecular formula is C30H21ClN2O3S. The summed E-state index contributed by atoms with van der Waals surface area (Å²) in [5.74, 6) is -0.518. The van der Waals surface area contributed by atoms with Crippen molar-refractivity contribution in [1.82, 2.24) is 4.57 Å². The van der Waals surface area contributed by atoms with E-state index in [9.17, 15) is 9.59 Å². The van der Waals surface area contributed by atoms with E-state index in [0.717, 1.165) is 32.7 Å². The van der Waals surface area contributed by atoms with Gasteiger partial charge in [0.15, 0.2) is 4.80 Å². The minimum absolute atomic E-state index is 0.213. The molecule has 2 heterocycles. The number of nitrogens with zero attached hydrogens (tertiary/aromatic N) is 2. The van der Waals surface area contributed by atoms with Crippen LogP contribution >= 0.6 is 22.9 Å². The molecule has 5 nitrogen and oxygen atoms in total. The Balaban J connectivity index is 1.66. The first kappa shape index (κ1) is 23.4. The van der Waals surface area contributed by atoms with Crippen LogP contribution in [0.15, 0.2) is 99.9 Å². The van der Waals surface area contributed by atoms with Crippen molar-refractivity contribution in [1.29, 1.82) is 0 Å². The highest BCUT2D eigenvalue weighted by Gasteiger charge is 2.33. The first-order valence-corrected chi connectivity index (χ1v) is 12.9. The molecule has 5 aromatic rings. The van der Waals surface area contributed by atoms with Gasteiger partial charge in [-0.05, 0) is 63.9 Å². The van der Waals surface area contributed by atoms with E-state index < -0.39 is 12.0 Å². The average molecular weight is 525 g/mol. The molecule has 0 N–H and O–H groups in total. The summed E-state index contributed by atoms with van der Waals surface area (Å²) in [6.45, 7) is 1.77. The normalized spacial score (nSPS) is 15.6. The minimum atomic E-state index is -0.674. The molecule has 0 bridgehead atoms. The van der Waals surface area contributed by atoms with Crippen LogP contribution in [0.5, 0.6) is 0 Å². The summed E-state index contributed by atoms with van der Waals surface area (Å²) >= 11 is 7.45. The van der Waals surface area contributed by atoms with E-state index in [0.29, 0.717) is 25.6 Å². The number of ether oxygens (including phenoxy) is 1. The smallest absolute Gasteiger partial charge is 0.338 e. The highest BCUT2D eigenvalue weighted by atomic mass is 35.5. The third-order valence-corrected chi connectivity index (χ3v) is 7.94. The largest absolute Gasteiger partial charge is 0.466 e. The van der Waals surface area contributed by atoms with Crippen LogP contribution in [0, 0.1) is 0 Å². The van der Waals surface area contributed by atoms with Gasteiger partial charge in [0.1, 0.15) is 0 Å². The lowest BCUT2D eigenvalue weighted by Crippen LogP contribution is -2.39. The predicted octanol–water partition coefficient (Wildman–Crippen LogP) is 5.37. The number of thiazole rings is 1. The summed E-state index contributed by atoms with van der Waals surface area (Å²) in [5, 5.41) is 4.89. The maximum Gasteiger partial charge on any atom is 0.338 e. The van der Waals surface area contributed by atoms with Crippen molar-refractivity contribution >= 4 is 56.5 Å². The van der Waals surface area contributed by atoms with Crippen molar-refractivity contribution in [2.24, 2.45) is 4.99 Å². The molecule has 0 spiro atoms. The molecule has 4 aromatic carbocycles. The third kappa shape index (κ3) is 3.89. The maximum atomic E-state index is 14.0. The number of benzene rings is 4. The second-order valence-corrected chi connectivity index (χ2v) is 10.3. The number of methoxy groups -OCH3 is 1. The molecule has 1 aliphatic rings. The van der Waals surface area contributed by atoms with Crippen molar-refractivity contribution in [2.45, 2.75) is 13.0 Å². The molecule has 1 atom stereocenters. The Morgan fingerprint density at radius 3 is 2.24 bits per heavy atom. The molecular weight excluding hydrogens is 504 g/mol. The molecule has 37 heavy (non-hydrogen) atoms. The first-order valence-electron chi connectivity index (χ1n) is 11.7. The molecule has 0 saturated carbocycles.